The molecule has 98 valence electrons. The molecule has 4 N–H and O–H groups in total. The summed E-state index contributed by atoms with van der Waals surface area (Å²) in [7, 11) is 0. The zero-order chi connectivity index (χ0) is 13.1. The molecule has 1 heterocycles. The number of piperazine rings is 1. The number of carbonyl (C=O) groups is 1. The first-order valence-electron chi connectivity index (χ1n) is 6.18. The van der Waals surface area contributed by atoms with Crippen LogP contribution in [0.1, 0.15) is 5.56 Å². The zero-order valence-electron chi connectivity index (χ0n) is 10.7. The summed E-state index contributed by atoms with van der Waals surface area (Å²) in [6.45, 7) is 5.82. The van der Waals surface area contributed by atoms with Crippen molar-refractivity contribution in [3.8, 4) is 0 Å². The Balaban J connectivity index is 1.99. The smallest absolute Gasteiger partial charge is 0.231 e. The maximum atomic E-state index is 10.9. The zero-order valence-corrected chi connectivity index (χ0v) is 10.7. The van der Waals surface area contributed by atoms with Crippen molar-refractivity contribution in [2.75, 3.05) is 43.4 Å². The first kappa shape index (κ1) is 12.7. The third-order valence-electron chi connectivity index (χ3n) is 3.28. The molecule has 0 bridgehead atoms. The Morgan fingerprint density at radius 2 is 1.94 bits per heavy atom. The van der Waals surface area contributed by atoms with Gasteiger partial charge in [-0.05, 0) is 24.6 Å². The minimum absolute atomic E-state index is 0.265. The molecule has 0 atom stereocenters. The van der Waals surface area contributed by atoms with Gasteiger partial charge in [0, 0.05) is 26.2 Å². The topological polar surface area (TPSA) is 75.6 Å². The van der Waals surface area contributed by atoms with Gasteiger partial charge in [-0.2, -0.15) is 0 Å². The van der Waals surface area contributed by atoms with Gasteiger partial charge in [-0.1, -0.05) is 6.07 Å². The molecule has 1 saturated heterocycles. The van der Waals surface area contributed by atoms with E-state index in [4.69, 9.17) is 11.5 Å². The summed E-state index contributed by atoms with van der Waals surface area (Å²) < 4.78 is 0. The second-order valence-corrected chi connectivity index (χ2v) is 4.79. The average molecular weight is 248 g/mol. The summed E-state index contributed by atoms with van der Waals surface area (Å²) in [5.41, 5.74) is 14.3. The molecule has 1 amide bonds. The first-order chi connectivity index (χ1) is 8.56. The molecule has 0 aliphatic carbocycles. The monoisotopic (exact) mass is 248 g/mol. The molecular formula is C13H20N4O. The maximum absolute atomic E-state index is 10.9. The quantitative estimate of drug-likeness (QED) is 0.748. The summed E-state index contributed by atoms with van der Waals surface area (Å²) in [5, 5.41) is 0. The van der Waals surface area contributed by atoms with Gasteiger partial charge in [-0.3, -0.25) is 9.69 Å². The molecule has 0 radical (unpaired) electrons. The summed E-state index contributed by atoms with van der Waals surface area (Å²) in [5.74, 6) is -0.265. The molecule has 0 unspecified atom stereocenters. The largest absolute Gasteiger partial charge is 0.397 e. The van der Waals surface area contributed by atoms with Crippen LogP contribution in [-0.2, 0) is 4.79 Å². The van der Waals surface area contributed by atoms with Gasteiger partial charge in [-0.25, -0.2) is 0 Å². The van der Waals surface area contributed by atoms with E-state index in [1.165, 1.54) is 5.56 Å². The van der Waals surface area contributed by atoms with Crippen molar-refractivity contribution >= 4 is 17.3 Å². The van der Waals surface area contributed by atoms with Gasteiger partial charge >= 0.3 is 0 Å². The highest BCUT2D eigenvalue weighted by molar-refractivity contribution is 5.76. The number of primary amides is 1. The van der Waals surface area contributed by atoms with Crippen LogP contribution in [0.3, 0.4) is 0 Å². The van der Waals surface area contributed by atoms with E-state index >= 15 is 0 Å². The van der Waals surface area contributed by atoms with Crippen molar-refractivity contribution in [2.45, 2.75) is 6.92 Å². The number of rotatable bonds is 3. The minimum Gasteiger partial charge on any atom is -0.397 e. The Kier molecular flexibility index (Phi) is 3.72. The minimum atomic E-state index is -0.265. The van der Waals surface area contributed by atoms with Crippen LogP contribution < -0.4 is 16.4 Å². The van der Waals surface area contributed by atoms with Crippen molar-refractivity contribution in [1.82, 2.24) is 4.90 Å². The third-order valence-corrected chi connectivity index (χ3v) is 3.28. The highest BCUT2D eigenvalue weighted by atomic mass is 16.1. The van der Waals surface area contributed by atoms with E-state index in [1.54, 1.807) is 0 Å². The van der Waals surface area contributed by atoms with Gasteiger partial charge in [0.1, 0.15) is 0 Å². The predicted octanol–water partition coefficient (Wildman–Crippen LogP) is 0.185. The van der Waals surface area contributed by atoms with Crippen molar-refractivity contribution in [2.24, 2.45) is 5.73 Å². The molecule has 2 rings (SSSR count). The Bertz CT molecular complexity index is 439. The van der Waals surface area contributed by atoms with Gasteiger partial charge < -0.3 is 16.4 Å². The Morgan fingerprint density at radius 3 is 2.50 bits per heavy atom. The molecular weight excluding hydrogens is 228 g/mol. The number of hydrogen-bond donors (Lipinski definition) is 2. The van der Waals surface area contributed by atoms with Gasteiger partial charge in [-0.15, -0.1) is 0 Å². The highest BCUT2D eigenvalue weighted by Crippen LogP contribution is 2.25. The molecule has 0 saturated carbocycles. The Labute approximate surface area is 107 Å². The van der Waals surface area contributed by atoms with E-state index in [-0.39, 0.29) is 5.91 Å². The molecule has 1 aromatic rings. The molecule has 18 heavy (non-hydrogen) atoms. The van der Waals surface area contributed by atoms with Crippen LogP contribution in [0.2, 0.25) is 0 Å². The number of hydrogen-bond acceptors (Lipinski definition) is 4. The van der Waals surface area contributed by atoms with E-state index in [0.717, 1.165) is 37.6 Å². The number of carbonyl (C=O) groups excluding carboxylic acids is 1. The molecule has 1 aromatic carbocycles. The first-order valence-corrected chi connectivity index (χ1v) is 6.18. The fourth-order valence-electron chi connectivity index (χ4n) is 2.33. The van der Waals surface area contributed by atoms with Crippen LogP contribution >= 0.6 is 0 Å². The van der Waals surface area contributed by atoms with E-state index in [0.29, 0.717) is 6.54 Å². The normalized spacial score (nSPS) is 16.8. The van der Waals surface area contributed by atoms with Crippen LogP contribution in [0.5, 0.6) is 0 Å². The second kappa shape index (κ2) is 5.27. The van der Waals surface area contributed by atoms with E-state index < -0.39 is 0 Å². The lowest BCUT2D eigenvalue weighted by Gasteiger charge is -2.36. The predicted molar refractivity (Wildman–Crippen MR) is 73.4 cm³/mol. The number of benzene rings is 1. The maximum Gasteiger partial charge on any atom is 0.231 e. The lowest BCUT2D eigenvalue weighted by molar-refractivity contribution is -0.119. The van der Waals surface area contributed by atoms with Gasteiger partial charge in [0.15, 0.2) is 0 Å². The summed E-state index contributed by atoms with van der Waals surface area (Å²) in [4.78, 5) is 15.2. The molecule has 1 aliphatic heterocycles. The molecule has 5 heteroatoms. The summed E-state index contributed by atoms with van der Waals surface area (Å²) in [6.07, 6.45) is 0. The van der Waals surface area contributed by atoms with Gasteiger partial charge in [0.2, 0.25) is 5.91 Å². The number of nitrogens with zero attached hydrogens (tertiary/aromatic N) is 2. The number of aryl methyl sites for hydroxylation is 1. The molecule has 1 fully saturated rings. The Hall–Kier alpha value is -1.75. The lowest BCUT2D eigenvalue weighted by Crippen LogP contribution is -2.49. The molecule has 1 aliphatic rings. The Morgan fingerprint density at radius 1 is 1.28 bits per heavy atom. The van der Waals surface area contributed by atoms with Gasteiger partial charge in [0.25, 0.3) is 0 Å². The number of amides is 1. The third kappa shape index (κ3) is 2.92. The van der Waals surface area contributed by atoms with Crippen molar-refractivity contribution in [1.29, 1.82) is 0 Å². The SMILES string of the molecule is Cc1ccc(N2CCN(CC(N)=O)CC2)c(N)c1. The van der Waals surface area contributed by atoms with E-state index in [2.05, 4.69) is 21.9 Å². The van der Waals surface area contributed by atoms with Crippen LogP contribution in [0.25, 0.3) is 0 Å². The molecule has 0 spiro atoms. The molecule has 0 aromatic heterocycles. The van der Waals surface area contributed by atoms with Crippen molar-refractivity contribution in [3.63, 3.8) is 0 Å². The lowest BCUT2D eigenvalue weighted by atomic mass is 10.1. The van der Waals surface area contributed by atoms with Crippen LogP contribution in [-0.4, -0.2) is 43.5 Å². The number of nitrogen functional groups attached to an aromatic ring is 1. The average Bonchev–Trinajstić information content (AvgIpc) is 2.30. The standard InChI is InChI=1S/C13H20N4O/c1-10-2-3-12(11(14)8-10)17-6-4-16(5-7-17)9-13(15)18/h2-3,8H,4-7,9,14H2,1H3,(H2,15,18). The highest BCUT2D eigenvalue weighted by Gasteiger charge is 2.19. The number of anilines is 2. The number of nitrogens with two attached hydrogens (primary N) is 2. The second-order valence-electron chi connectivity index (χ2n) is 4.79. The van der Waals surface area contributed by atoms with Crippen LogP contribution in [0.15, 0.2) is 18.2 Å². The van der Waals surface area contributed by atoms with Crippen molar-refractivity contribution in [3.05, 3.63) is 23.8 Å². The van der Waals surface area contributed by atoms with E-state index in [1.807, 2.05) is 13.0 Å². The fraction of sp³-hybridized carbons (Fsp3) is 0.462. The van der Waals surface area contributed by atoms with Crippen LogP contribution in [0, 0.1) is 6.92 Å². The fourth-order valence-corrected chi connectivity index (χ4v) is 2.33. The van der Waals surface area contributed by atoms with Gasteiger partial charge in [0.05, 0.1) is 17.9 Å². The molecule has 5 nitrogen and oxygen atoms in total. The van der Waals surface area contributed by atoms with Crippen molar-refractivity contribution < 1.29 is 4.79 Å². The summed E-state index contributed by atoms with van der Waals surface area (Å²) in [6, 6.07) is 6.13. The van der Waals surface area contributed by atoms with E-state index in [9.17, 15) is 4.79 Å². The van der Waals surface area contributed by atoms with Crippen LogP contribution in [0.4, 0.5) is 11.4 Å². The summed E-state index contributed by atoms with van der Waals surface area (Å²) >= 11 is 0.